The van der Waals surface area contributed by atoms with E-state index in [4.69, 9.17) is 0 Å². The van der Waals surface area contributed by atoms with Gasteiger partial charge in [0, 0.05) is 13.6 Å². The molecule has 1 heterocycles. The fraction of sp³-hybridized carbons (Fsp3) is 0.200. The first-order valence-electron chi connectivity index (χ1n) is 8.72. The molecular weight excluding hydrogens is 376 g/mol. The summed E-state index contributed by atoms with van der Waals surface area (Å²) in [5.41, 5.74) is 3.53. The molecule has 3 aromatic rings. The molecule has 0 aliphatic rings. The minimum absolute atomic E-state index is 0.0222. The van der Waals surface area contributed by atoms with E-state index in [2.05, 4.69) is 15.5 Å². The maximum absolute atomic E-state index is 13.0. The number of aryl methyl sites for hydroxylation is 2. The summed E-state index contributed by atoms with van der Waals surface area (Å²) in [6.45, 7) is 4.19. The smallest absolute Gasteiger partial charge is 0.281 e. The average Bonchev–Trinajstić information content (AvgIpc) is 3.18. The van der Waals surface area contributed by atoms with Gasteiger partial charge in [-0.3, -0.25) is 14.2 Å². The summed E-state index contributed by atoms with van der Waals surface area (Å²) in [5.74, 6) is -0.509. The summed E-state index contributed by atoms with van der Waals surface area (Å²) in [6.07, 6.45) is 1.22. The number of aromatic nitrogens is 2. The van der Waals surface area contributed by atoms with E-state index in [-0.39, 0.29) is 17.1 Å². The third kappa shape index (κ3) is 4.07. The molecule has 0 bridgehead atoms. The predicted octanol–water partition coefficient (Wildman–Crippen LogP) is 2.78. The van der Waals surface area contributed by atoms with E-state index in [1.165, 1.54) is 13.2 Å². The number of carbonyl (C=O) groups excluding carboxylic acids is 1. The van der Waals surface area contributed by atoms with Crippen LogP contribution in [-0.4, -0.2) is 31.6 Å². The number of hydrogen-bond donors (Lipinski definition) is 2. The molecule has 0 unspecified atom stereocenters. The van der Waals surface area contributed by atoms with Gasteiger partial charge in [0.25, 0.3) is 15.9 Å². The van der Waals surface area contributed by atoms with Crippen LogP contribution in [0.4, 0.5) is 5.69 Å². The molecule has 7 nitrogen and oxygen atoms in total. The van der Waals surface area contributed by atoms with Gasteiger partial charge in [0.1, 0.15) is 0 Å². The lowest BCUT2D eigenvalue weighted by atomic mass is 10.1. The van der Waals surface area contributed by atoms with Crippen LogP contribution in [0.5, 0.6) is 0 Å². The maximum atomic E-state index is 13.0. The highest BCUT2D eigenvalue weighted by atomic mass is 32.2. The van der Waals surface area contributed by atoms with Crippen LogP contribution in [-0.2, 0) is 16.6 Å². The van der Waals surface area contributed by atoms with E-state index in [0.717, 1.165) is 21.0 Å². The molecule has 0 saturated carbocycles. The van der Waals surface area contributed by atoms with Crippen LogP contribution in [0, 0.1) is 13.8 Å². The van der Waals surface area contributed by atoms with Gasteiger partial charge < -0.3 is 5.32 Å². The van der Waals surface area contributed by atoms with Gasteiger partial charge in [0.2, 0.25) is 0 Å². The fourth-order valence-corrected chi connectivity index (χ4v) is 3.91. The Morgan fingerprint density at radius 3 is 2.21 bits per heavy atom. The molecule has 8 heteroatoms. The van der Waals surface area contributed by atoms with Crippen molar-refractivity contribution in [2.75, 3.05) is 11.4 Å². The lowest BCUT2D eigenvalue weighted by Gasteiger charge is -2.19. The molecular formula is C20H22N4O3S. The first kappa shape index (κ1) is 19.6. The van der Waals surface area contributed by atoms with Crippen molar-refractivity contribution in [1.82, 2.24) is 15.5 Å². The summed E-state index contributed by atoms with van der Waals surface area (Å²) in [6, 6.07) is 14.8. The number of anilines is 1. The molecule has 0 aliphatic carbocycles. The second-order valence-corrected chi connectivity index (χ2v) is 8.50. The Labute approximate surface area is 164 Å². The molecule has 0 atom stereocenters. The Morgan fingerprint density at radius 2 is 1.61 bits per heavy atom. The SMILES string of the molecule is Cc1ccc(CNC(=O)c2cn[nH]c2S(=O)(=O)N(C)c2ccc(C)cc2)cc1. The molecule has 28 heavy (non-hydrogen) atoms. The largest absolute Gasteiger partial charge is 0.348 e. The second-order valence-electron chi connectivity index (χ2n) is 6.59. The number of nitrogens with zero attached hydrogens (tertiary/aromatic N) is 2. The van der Waals surface area contributed by atoms with Crippen molar-refractivity contribution < 1.29 is 13.2 Å². The second kappa shape index (κ2) is 7.85. The van der Waals surface area contributed by atoms with Crippen molar-refractivity contribution in [3.05, 3.63) is 77.0 Å². The fourth-order valence-electron chi connectivity index (χ4n) is 2.65. The van der Waals surface area contributed by atoms with E-state index in [1.807, 2.05) is 50.2 Å². The predicted molar refractivity (Wildman–Crippen MR) is 108 cm³/mol. The van der Waals surface area contributed by atoms with Crippen LogP contribution in [0.3, 0.4) is 0 Å². The molecule has 3 rings (SSSR count). The Kier molecular flexibility index (Phi) is 5.51. The van der Waals surface area contributed by atoms with Crippen molar-refractivity contribution in [1.29, 1.82) is 0 Å². The number of hydrogen-bond acceptors (Lipinski definition) is 4. The number of nitrogens with one attached hydrogen (secondary N) is 2. The molecule has 0 fully saturated rings. The topological polar surface area (TPSA) is 95.2 Å². The van der Waals surface area contributed by atoms with Gasteiger partial charge in [0.15, 0.2) is 5.03 Å². The minimum Gasteiger partial charge on any atom is -0.348 e. The minimum atomic E-state index is -3.97. The number of H-pyrrole nitrogens is 1. The van der Waals surface area contributed by atoms with Crippen molar-refractivity contribution in [3.63, 3.8) is 0 Å². The lowest BCUT2D eigenvalue weighted by molar-refractivity contribution is 0.0947. The summed E-state index contributed by atoms with van der Waals surface area (Å²) in [5, 5.41) is 8.73. The molecule has 2 N–H and O–H groups in total. The lowest BCUT2D eigenvalue weighted by Crippen LogP contribution is -2.30. The first-order valence-corrected chi connectivity index (χ1v) is 10.2. The summed E-state index contributed by atoms with van der Waals surface area (Å²) < 4.78 is 27.1. The summed E-state index contributed by atoms with van der Waals surface area (Å²) in [4.78, 5) is 12.6. The zero-order valence-corrected chi connectivity index (χ0v) is 16.7. The quantitative estimate of drug-likeness (QED) is 0.667. The number of rotatable bonds is 6. The van der Waals surface area contributed by atoms with Crippen LogP contribution >= 0.6 is 0 Å². The van der Waals surface area contributed by atoms with E-state index in [9.17, 15) is 13.2 Å². The van der Waals surface area contributed by atoms with Gasteiger partial charge in [-0.05, 0) is 31.5 Å². The van der Waals surface area contributed by atoms with Gasteiger partial charge in [-0.1, -0.05) is 47.5 Å². The zero-order valence-electron chi connectivity index (χ0n) is 15.9. The molecule has 0 radical (unpaired) electrons. The third-order valence-corrected chi connectivity index (χ3v) is 6.20. The highest BCUT2D eigenvalue weighted by Crippen LogP contribution is 2.23. The average molecular weight is 398 g/mol. The maximum Gasteiger partial charge on any atom is 0.281 e. The number of aromatic amines is 1. The van der Waals surface area contributed by atoms with E-state index in [1.54, 1.807) is 12.1 Å². The van der Waals surface area contributed by atoms with Gasteiger partial charge in [-0.2, -0.15) is 13.5 Å². The number of sulfonamides is 1. The third-order valence-electron chi connectivity index (χ3n) is 4.44. The van der Waals surface area contributed by atoms with Gasteiger partial charge in [0.05, 0.1) is 17.4 Å². The van der Waals surface area contributed by atoms with E-state index < -0.39 is 15.9 Å². The molecule has 2 aromatic carbocycles. The Hall–Kier alpha value is -3.13. The number of amides is 1. The van der Waals surface area contributed by atoms with Crippen LogP contribution in [0.2, 0.25) is 0 Å². The molecule has 0 aliphatic heterocycles. The van der Waals surface area contributed by atoms with Crippen molar-refractivity contribution >= 4 is 21.6 Å². The van der Waals surface area contributed by atoms with Crippen LogP contribution in [0.25, 0.3) is 0 Å². The van der Waals surface area contributed by atoms with E-state index >= 15 is 0 Å². The zero-order chi connectivity index (χ0) is 20.3. The van der Waals surface area contributed by atoms with E-state index in [0.29, 0.717) is 5.69 Å². The van der Waals surface area contributed by atoms with Crippen molar-refractivity contribution in [3.8, 4) is 0 Å². The van der Waals surface area contributed by atoms with Gasteiger partial charge in [-0.25, -0.2) is 0 Å². The Morgan fingerprint density at radius 1 is 1.04 bits per heavy atom. The highest BCUT2D eigenvalue weighted by Gasteiger charge is 2.29. The highest BCUT2D eigenvalue weighted by molar-refractivity contribution is 7.92. The van der Waals surface area contributed by atoms with Crippen LogP contribution in [0.1, 0.15) is 27.0 Å². The van der Waals surface area contributed by atoms with Crippen LogP contribution < -0.4 is 9.62 Å². The summed E-state index contributed by atoms with van der Waals surface area (Å²) >= 11 is 0. The van der Waals surface area contributed by atoms with Crippen LogP contribution in [0.15, 0.2) is 59.8 Å². The summed E-state index contributed by atoms with van der Waals surface area (Å²) in [7, 11) is -2.53. The van der Waals surface area contributed by atoms with Crippen molar-refractivity contribution in [2.45, 2.75) is 25.4 Å². The number of benzene rings is 2. The van der Waals surface area contributed by atoms with Gasteiger partial charge >= 0.3 is 0 Å². The molecule has 0 spiro atoms. The van der Waals surface area contributed by atoms with Gasteiger partial charge in [-0.15, -0.1) is 0 Å². The first-order chi connectivity index (χ1) is 13.3. The molecule has 1 aromatic heterocycles. The Bertz CT molecular complexity index is 1070. The Balaban J connectivity index is 1.80. The monoisotopic (exact) mass is 398 g/mol. The normalized spacial score (nSPS) is 11.2. The molecule has 1 amide bonds. The molecule has 0 saturated heterocycles. The van der Waals surface area contributed by atoms with Crippen molar-refractivity contribution in [2.24, 2.45) is 0 Å². The number of carbonyl (C=O) groups is 1. The molecule has 146 valence electrons. The standard InChI is InChI=1S/C20H22N4O3S/c1-14-4-8-16(9-5-14)12-21-19(25)18-13-22-23-20(18)28(26,27)24(3)17-10-6-15(2)7-11-17/h4-11,13H,12H2,1-3H3,(H,21,25)(H,22,23).